The number of amides is 3. The van der Waals surface area contributed by atoms with E-state index in [1.165, 1.54) is 7.11 Å². The molecule has 14 heteroatoms. The molecule has 5 aromatic carbocycles. The molecule has 2 aromatic heterocycles. The van der Waals surface area contributed by atoms with Crippen LogP contribution in [-0.2, 0) is 58.8 Å². The lowest BCUT2D eigenvalue weighted by Gasteiger charge is -2.37. The Kier molecular flexibility index (Phi) is 8.58. The molecule has 2 bridgehead atoms. The third kappa shape index (κ3) is 5.62. The molecule has 3 amide bonds. The fourth-order valence-electron chi connectivity index (χ4n) is 9.21. The van der Waals surface area contributed by atoms with Gasteiger partial charge < -0.3 is 49.1 Å². The van der Waals surface area contributed by atoms with Crippen molar-refractivity contribution in [3.05, 3.63) is 119 Å². The number of esters is 1. The van der Waals surface area contributed by atoms with Gasteiger partial charge in [-0.2, -0.15) is 0 Å². The summed E-state index contributed by atoms with van der Waals surface area (Å²) >= 11 is 0. The summed E-state index contributed by atoms with van der Waals surface area (Å²) in [5, 5.41) is 24.1. The highest BCUT2D eigenvalue weighted by atomic mass is 16.6. The Balaban J connectivity index is 1.12. The maximum absolute atomic E-state index is 14.0. The third-order valence-corrected chi connectivity index (χ3v) is 11.8. The topological polar surface area (TPSA) is 171 Å². The summed E-state index contributed by atoms with van der Waals surface area (Å²) in [6.45, 7) is 2.09. The molecule has 0 saturated carbocycles. The van der Waals surface area contributed by atoms with Crippen LogP contribution in [0.25, 0.3) is 43.6 Å². The lowest BCUT2D eigenvalue weighted by Crippen LogP contribution is -2.56. The quantitative estimate of drug-likeness (QED) is 0.115. The van der Waals surface area contributed by atoms with Crippen molar-refractivity contribution >= 4 is 78.7 Å². The summed E-state index contributed by atoms with van der Waals surface area (Å²) < 4.78 is 27.2. The average molecular weight is 794 g/mol. The maximum Gasteiger partial charge on any atom is 0.343 e. The highest BCUT2D eigenvalue weighted by molar-refractivity contribution is 6.31. The first-order chi connectivity index (χ1) is 28.6. The Labute approximate surface area is 336 Å². The summed E-state index contributed by atoms with van der Waals surface area (Å²) in [4.78, 5) is 53.9. The van der Waals surface area contributed by atoms with Crippen LogP contribution in [0.2, 0.25) is 0 Å². The molecular weight excluding hydrogens is 755 g/mol. The molecule has 14 nitrogen and oxygen atoms in total. The van der Waals surface area contributed by atoms with Crippen LogP contribution in [0.1, 0.15) is 46.6 Å². The standard InChI is InChI=1S/C45H39N5O9/c1-44-45(55,43(54)56-2)19-36(59-44)49-32-15-13-27(47-34(51)23-57-21-25-9-5-3-6-10-25)17-29(32)38-39-31(20-46-42(39)53)37-30-18-28(14-16-33(30)50(44)41(37)40(38)49)48-35(52)24-58-22-26-11-7-4-8-12-26/h3-18,36,55H,19-24H2,1-2H3,(H,46,53)(H,47,51)(H,48,52). The largest absolute Gasteiger partial charge is 0.467 e. The lowest BCUT2D eigenvalue weighted by molar-refractivity contribution is -0.202. The molecule has 7 aromatic rings. The van der Waals surface area contributed by atoms with Gasteiger partial charge in [-0.15, -0.1) is 0 Å². The lowest BCUT2D eigenvalue weighted by atomic mass is 9.88. The predicted octanol–water partition coefficient (Wildman–Crippen LogP) is 5.97. The molecule has 1 saturated heterocycles. The molecule has 0 radical (unpaired) electrons. The summed E-state index contributed by atoms with van der Waals surface area (Å²) in [5.41, 5.74) is 2.77. The number of benzene rings is 5. The Morgan fingerprint density at radius 2 is 1.39 bits per heavy atom. The minimum absolute atomic E-state index is 0.159. The van der Waals surface area contributed by atoms with Gasteiger partial charge in [0, 0.05) is 45.9 Å². The number of aromatic nitrogens is 2. The monoisotopic (exact) mass is 793 g/mol. The average Bonchev–Trinajstić information content (AvgIpc) is 3.94. The number of aliphatic hydroxyl groups is 1. The first-order valence-electron chi connectivity index (χ1n) is 19.3. The minimum Gasteiger partial charge on any atom is -0.467 e. The van der Waals surface area contributed by atoms with Gasteiger partial charge in [0.05, 0.1) is 48.0 Å². The molecule has 298 valence electrons. The van der Waals surface area contributed by atoms with Gasteiger partial charge in [0.25, 0.3) is 5.91 Å². The number of fused-ring (bicyclic) bond motifs is 13. The van der Waals surface area contributed by atoms with E-state index in [2.05, 4.69) is 16.0 Å². The van der Waals surface area contributed by atoms with Crippen LogP contribution in [0.4, 0.5) is 11.4 Å². The molecule has 1 fully saturated rings. The van der Waals surface area contributed by atoms with E-state index in [0.29, 0.717) is 66.1 Å². The molecule has 0 spiro atoms. The fraction of sp³-hybridized carbons (Fsp3) is 0.244. The second kappa shape index (κ2) is 13.8. The fourth-order valence-corrected chi connectivity index (χ4v) is 9.21. The van der Waals surface area contributed by atoms with Gasteiger partial charge in [0.2, 0.25) is 17.4 Å². The second-order valence-electron chi connectivity index (χ2n) is 15.3. The van der Waals surface area contributed by atoms with Crippen molar-refractivity contribution in [1.82, 2.24) is 14.5 Å². The number of anilines is 2. The molecular formula is C45H39N5O9. The van der Waals surface area contributed by atoms with Gasteiger partial charge in [0.15, 0.2) is 5.72 Å². The van der Waals surface area contributed by atoms with E-state index in [0.717, 1.165) is 11.1 Å². The Bertz CT molecular complexity index is 2910. The van der Waals surface area contributed by atoms with Crippen LogP contribution in [0, 0.1) is 0 Å². The van der Waals surface area contributed by atoms with E-state index in [1.54, 1.807) is 19.1 Å². The minimum atomic E-state index is -2.14. The Morgan fingerprint density at radius 1 is 0.814 bits per heavy atom. The number of carbonyl (C=O) groups is 4. The first-order valence-corrected chi connectivity index (χ1v) is 19.3. The van der Waals surface area contributed by atoms with Gasteiger partial charge in [-0.3, -0.25) is 14.4 Å². The molecule has 4 N–H and O–H groups in total. The van der Waals surface area contributed by atoms with Gasteiger partial charge in [-0.1, -0.05) is 60.7 Å². The number of nitrogens with one attached hydrogen (secondary N) is 3. The van der Waals surface area contributed by atoms with Gasteiger partial charge in [0.1, 0.15) is 19.4 Å². The van der Waals surface area contributed by atoms with E-state index >= 15 is 0 Å². The van der Waals surface area contributed by atoms with Crippen LogP contribution >= 0.6 is 0 Å². The normalized spacial score (nSPS) is 20.3. The van der Waals surface area contributed by atoms with E-state index in [1.807, 2.05) is 94.1 Å². The molecule has 3 unspecified atom stereocenters. The zero-order valence-electron chi connectivity index (χ0n) is 32.2. The summed E-state index contributed by atoms with van der Waals surface area (Å²) in [6.07, 6.45) is -1.03. The first kappa shape index (κ1) is 36.7. The van der Waals surface area contributed by atoms with Crippen molar-refractivity contribution in [2.75, 3.05) is 31.0 Å². The van der Waals surface area contributed by atoms with Crippen LogP contribution < -0.4 is 16.0 Å². The molecule has 3 aliphatic rings. The molecule has 0 aliphatic carbocycles. The zero-order chi connectivity index (χ0) is 40.6. The van der Waals surface area contributed by atoms with Crippen molar-refractivity contribution in [2.24, 2.45) is 0 Å². The Hall–Kier alpha value is -6.58. The molecule has 3 aliphatic heterocycles. The van der Waals surface area contributed by atoms with Crippen molar-refractivity contribution in [2.45, 2.75) is 50.7 Å². The molecule has 5 heterocycles. The summed E-state index contributed by atoms with van der Waals surface area (Å²) in [7, 11) is 1.23. The van der Waals surface area contributed by atoms with Crippen molar-refractivity contribution in [3.63, 3.8) is 0 Å². The summed E-state index contributed by atoms with van der Waals surface area (Å²) in [5.74, 6) is -1.82. The van der Waals surface area contributed by atoms with E-state index < -0.39 is 23.5 Å². The number of nitrogens with zero attached hydrogens (tertiary/aromatic N) is 2. The molecule has 3 atom stereocenters. The van der Waals surface area contributed by atoms with Crippen molar-refractivity contribution in [1.29, 1.82) is 0 Å². The molecule has 59 heavy (non-hydrogen) atoms. The highest BCUT2D eigenvalue weighted by Gasteiger charge is 2.66. The number of methoxy groups -OCH3 is 1. The van der Waals surface area contributed by atoms with Crippen LogP contribution in [0.3, 0.4) is 0 Å². The number of rotatable bonds is 11. The summed E-state index contributed by atoms with van der Waals surface area (Å²) in [6, 6.07) is 29.9. The van der Waals surface area contributed by atoms with Crippen LogP contribution in [-0.4, -0.2) is 63.9 Å². The third-order valence-electron chi connectivity index (χ3n) is 11.8. The highest BCUT2D eigenvalue weighted by Crippen LogP contribution is 2.58. The van der Waals surface area contributed by atoms with Crippen molar-refractivity contribution < 1.29 is 43.2 Å². The number of ether oxygens (including phenoxy) is 4. The predicted molar refractivity (Wildman–Crippen MR) is 218 cm³/mol. The Morgan fingerprint density at radius 3 is 1.98 bits per heavy atom. The van der Waals surface area contributed by atoms with E-state index in [-0.39, 0.29) is 57.1 Å². The van der Waals surface area contributed by atoms with Gasteiger partial charge in [-0.25, -0.2) is 4.79 Å². The number of hydrogen-bond donors (Lipinski definition) is 4. The SMILES string of the molecule is COC(=O)C1(O)CC2OC1(C)n1c3ccc(NC(=O)COCc4ccccc4)cc3c3c4c(c5c6cc(NC(=O)COCc7ccccc7)ccc6n2c5c31)C(=O)NC4. The van der Waals surface area contributed by atoms with Gasteiger partial charge in [-0.05, 0) is 60.0 Å². The van der Waals surface area contributed by atoms with E-state index in [4.69, 9.17) is 18.9 Å². The van der Waals surface area contributed by atoms with E-state index in [9.17, 15) is 24.3 Å². The molecule has 10 rings (SSSR count). The number of hydrogen-bond acceptors (Lipinski definition) is 9. The maximum atomic E-state index is 14.0. The second-order valence-corrected chi connectivity index (χ2v) is 15.3. The van der Waals surface area contributed by atoms with Crippen LogP contribution in [0.15, 0.2) is 97.1 Å². The smallest absolute Gasteiger partial charge is 0.343 e. The van der Waals surface area contributed by atoms with Crippen molar-refractivity contribution in [3.8, 4) is 0 Å². The van der Waals surface area contributed by atoms with Crippen LogP contribution in [0.5, 0.6) is 0 Å². The van der Waals surface area contributed by atoms with Gasteiger partial charge >= 0.3 is 5.97 Å². The number of carbonyl (C=O) groups excluding carboxylic acids is 4. The zero-order valence-corrected chi connectivity index (χ0v) is 32.2.